The maximum Gasteiger partial charge on any atom is 0.274 e. The van der Waals surface area contributed by atoms with Crippen molar-refractivity contribution in [2.45, 2.75) is 19.4 Å². The van der Waals surface area contributed by atoms with Crippen LogP contribution in [0.2, 0.25) is 5.02 Å². The monoisotopic (exact) mass is 296 g/mol. The Morgan fingerprint density at radius 3 is 2.90 bits per heavy atom. The van der Waals surface area contributed by atoms with Crippen LogP contribution in [0.5, 0.6) is 0 Å². The smallest absolute Gasteiger partial charge is 0.274 e. The van der Waals surface area contributed by atoms with Gasteiger partial charge in [-0.3, -0.25) is 9.69 Å². The van der Waals surface area contributed by atoms with E-state index in [1.165, 1.54) is 0 Å². The van der Waals surface area contributed by atoms with E-state index in [-0.39, 0.29) is 5.91 Å². The van der Waals surface area contributed by atoms with Crippen molar-refractivity contribution in [3.8, 4) is 0 Å². The molecular weight excluding hydrogens is 276 g/mol. The zero-order valence-corrected chi connectivity index (χ0v) is 12.9. The Labute approximate surface area is 124 Å². The van der Waals surface area contributed by atoms with Crippen molar-refractivity contribution in [3.63, 3.8) is 0 Å². The van der Waals surface area contributed by atoms with E-state index >= 15 is 0 Å². The quantitative estimate of drug-likeness (QED) is 0.926. The van der Waals surface area contributed by atoms with Gasteiger partial charge in [-0.2, -0.15) is 0 Å². The van der Waals surface area contributed by atoms with Gasteiger partial charge in [0.25, 0.3) is 5.91 Å². The Hall–Kier alpha value is -1.33. The Morgan fingerprint density at radius 1 is 1.50 bits per heavy atom. The lowest BCUT2D eigenvalue weighted by Gasteiger charge is -2.39. The first-order chi connectivity index (χ1) is 9.56. The Balaban J connectivity index is 2.19. The van der Waals surface area contributed by atoms with Crippen LogP contribution < -0.4 is 5.32 Å². The van der Waals surface area contributed by atoms with Crippen molar-refractivity contribution >= 4 is 23.3 Å². The summed E-state index contributed by atoms with van der Waals surface area (Å²) < 4.78 is 0. The minimum absolute atomic E-state index is 0.0846. The number of hydrogen-bond acceptors (Lipinski definition) is 4. The van der Waals surface area contributed by atoms with E-state index in [2.05, 4.69) is 29.2 Å². The standard InChI is InChI=1S/C14H21ClN4O/c1-4-10-9-19(8-7-18(10)3)14(20)13-11(15)5-6-12(16-2)17-13/h5-6,10H,4,7-9H2,1-3H3,(H,16,17). The van der Waals surface area contributed by atoms with Gasteiger partial charge in [0, 0.05) is 32.7 Å². The summed E-state index contributed by atoms with van der Waals surface area (Å²) in [7, 11) is 3.87. The van der Waals surface area contributed by atoms with Crippen molar-refractivity contribution < 1.29 is 4.79 Å². The van der Waals surface area contributed by atoms with Crippen LogP contribution in [0.1, 0.15) is 23.8 Å². The van der Waals surface area contributed by atoms with Gasteiger partial charge in [0.2, 0.25) is 0 Å². The molecule has 1 atom stereocenters. The fraction of sp³-hybridized carbons (Fsp3) is 0.571. The second-order valence-corrected chi connectivity index (χ2v) is 5.48. The molecule has 1 saturated heterocycles. The van der Waals surface area contributed by atoms with E-state index in [0.717, 1.165) is 19.5 Å². The highest BCUT2D eigenvalue weighted by Gasteiger charge is 2.28. The molecule has 1 fully saturated rings. The first kappa shape index (κ1) is 15.1. The minimum Gasteiger partial charge on any atom is -0.373 e. The Kier molecular flexibility index (Phi) is 4.83. The molecule has 20 heavy (non-hydrogen) atoms. The predicted octanol–water partition coefficient (Wildman–Crippen LogP) is 1.94. The first-order valence-electron chi connectivity index (χ1n) is 6.90. The Morgan fingerprint density at radius 2 is 2.25 bits per heavy atom. The molecule has 1 aromatic heterocycles. The lowest BCUT2D eigenvalue weighted by Crippen LogP contribution is -2.53. The summed E-state index contributed by atoms with van der Waals surface area (Å²) in [5.74, 6) is 0.567. The number of rotatable bonds is 3. The molecule has 6 heteroatoms. The molecule has 1 amide bonds. The fourth-order valence-corrected chi connectivity index (χ4v) is 2.64. The van der Waals surface area contributed by atoms with Gasteiger partial charge in [-0.05, 0) is 25.6 Å². The van der Waals surface area contributed by atoms with Crippen LogP contribution in [0, 0.1) is 0 Å². The highest BCUT2D eigenvalue weighted by molar-refractivity contribution is 6.33. The number of carbonyl (C=O) groups is 1. The largest absolute Gasteiger partial charge is 0.373 e. The average Bonchev–Trinajstić information content (AvgIpc) is 2.47. The van der Waals surface area contributed by atoms with Gasteiger partial charge in [0.15, 0.2) is 0 Å². The predicted molar refractivity (Wildman–Crippen MR) is 81.4 cm³/mol. The maximum absolute atomic E-state index is 12.6. The molecular formula is C14H21ClN4O. The topological polar surface area (TPSA) is 48.5 Å². The number of hydrogen-bond donors (Lipinski definition) is 1. The highest BCUT2D eigenvalue weighted by Crippen LogP contribution is 2.20. The summed E-state index contributed by atoms with van der Waals surface area (Å²) in [6.45, 7) is 4.47. The van der Waals surface area contributed by atoms with Gasteiger partial charge in [-0.1, -0.05) is 18.5 Å². The number of aromatic nitrogens is 1. The second-order valence-electron chi connectivity index (χ2n) is 5.07. The number of nitrogens with zero attached hydrogens (tertiary/aromatic N) is 3. The summed E-state index contributed by atoms with van der Waals surface area (Å²) in [6, 6.07) is 3.87. The zero-order chi connectivity index (χ0) is 14.7. The normalized spacial score (nSPS) is 20.0. The zero-order valence-electron chi connectivity index (χ0n) is 12.2. The minimum atomic E-state index is -0.0846. The average molecular weight is 297 g/mol. The van der Waals surface area contributed by atoms with Gasteiger partial charge in [-0.25, -0.2) is 4.98 Å². The molecule has 2 heterocycles. The van der Waals surface area contributed by atoms with Gasteiger partial charge in [0.1, 0.15) is 11.5 Å². The van der Waals surface area contributed by atoms with Crippen molar-refractivity contribution in [2.75, 3.05) is 39.0 Å². The van der Waals surface area contributed by atoms with Gasteiger partial charge >= 0.3 is 0 Å². The van der Waals surface area contributed by atoms with Crippen LogP contribution in [0.25, 0.3) is 0 Å². The molecule has 1 aromatic rings. The van der Waals surface area contributed by atoms with E-state index in [9.17, 15) is 4.79 Å². The molecule has 2 rings (SSSR count). The van der Waals surface area contributed by atoms with E-state index in [0.29, 0.717) is 29.1 Å². The van der Waals surface area contributed by atoms with Gasteiger partial charge < -0.3 is 10.2 Å². The van der Waals surface area contributed by atoms with Crippen LogP contribution in [-0.4, -0.2) is 60.5 Å². The number of piperazine rings is 1. The van der Waals surface area contributed by atoms with Crippen molar-refractivity contribution in [1.82, 2.24) is 14.8 Å². The van der Waals surface area contributed by atoms with Crippen LogP contribution >= 0.6 is 11.6 Å². The van der Waals surface area contributed by atoms with Crippen LogP contribution in [-0.2, 0) is 0 Å². The molecule has 1 aliphatic heterocycles. The summed E-state index contributed by atoms with van der Waals surface area (Å²) in [5.41, 5.74) is 0.331. The number of amides is 1. The number of anilines is 1. The van der Waals surface area contributed by atoms with E-state index in [1.807, 2.05) is 4.90 Å². The van der Waals surface area contributed by atoms with E-state index in [1.54, 1.807) is 19.2 Å². The third kappa shape index (κ3) is 3.04. The third-order valence-electron chi connectivity index (χ3n) is 3.84. The fourth-order valence-electron chi connectivity index (χ4n) is 2.45. The summed E-state index contributed by atoms with van der Waals surface area (Å²) in [5, 5.41) is 3.33. The number of pyridine rings is 1. The summed E-state index contributed by atoms with van der Waals surface area (Å²) in [4.78, 5) is 21.0. The summed E-state index contributed by atoms with van der Waals surface area (Å²) >= 11 is 6.12. The molecule has 0 radical (unpaired) electrons. The molecule has 1 aliphatic rings. The van der Waals surface area contributed by atoms with Crippen molar-refractivity contribution in [3.05, 3.63) is 22.8 Å². The first-order valence-corrected chi connectivity index (χ1v) is 7.28. The SMILES string of the molecule is CCC1CN(C(=O)c2nc(NC)ccc2Cl)CCN1C. The van der Waals surface area contributed by atoms with Crippen molar-refractivity contribution in [2.24, 2.45) is 0 Å². The number of halogens is 1. The molecule has 1 N–H and O–H groups in total. The number of carbonyl (C=O) groups excluding carboxylic acids is 1. The second kappa shape index (κ2) is 6.41. The lowest BCUT2D eigenvalue weighted by molar-refractivity contribution is 0.0537. The number of likely N-dealkylation sites (N-methyl/N-ethyl adjacent to an activating group) is 1. The van der Waals surface area contributed by atoms with E-state index < -0.39 is 0 Å². The highest BCUT2D eigenvalue weighted by atomic mass is 35.5. The van der Waals surface area contributed by atoms with Crippen LogP contribution in [0.3, 0.4) is 0 Å². The third-order valence-corrected chi connectivity index (χ3v) is 4.15. The molecule has 0 aromatic carbocycles. The molecule has 5 nitrogen and oxygen atoms in total. The van der Waals surface area contributed by atoms with Crippen LogP contribution in [0.4, 0.5) is 5.82 Å². The van der Waals surface area contributed by atoms with Crippen molar-refractivity contribution in [1.29, 1.82) is 0 Å². The van der Waals surface area contributed by atoms with Gasteiger partial charge in [0.05, 0.1) is 5.02 Å². The molecule has 0 saturated carbocycles. The number of nitrogens with one attached hydrogen (secondary N) is 1. The molecule has 0 aliphatic carbocycles. The van der Waals surface area contributed by atoms with Crippen LogP contribution in [0.15, 0.2) is 12.1 Å². The lowest BCUT2D eigenvalue weighted by atomic mass is 10.1. The molecule has 110 valence electrons. The molecule has 0 spiro atoms. The maximum atomic E-state index is 12.6. The summed E-state index contributed by atoms with van der Waals surface area (Å²) in [6.07, 6.45) is 1.03. The Bertz CT molecular complexity index is 494. The van der Waals surface area contributed by atoms with Gasteiger partial charge in [-0.15, -0.1) is 0 Å². The van der Waals surface area contributed by atoms with E-state index in [4.69, 9.17) is 11.6 Å². The molecule has 0 bridgehead atoms. The molecule has 1 unspecified atom stereocenters.